The Morgan fingerprint density at radius 1 is 1.03 bits per heavy atom. The van der Waals surface area contributed by atoms with Gasteiger partial charge in [-0.1, -0.05) is 18.2 Å². The molecule has 0 aliphatic carbocycles. The lowest BCUT2D eigenvalue weighted by Crippen LogP contribution is -2.27. The molecule has 32 heavy (non-hydrogen) atoms. The molecule has 0 atom stereocenters. The summed E-state index contributed by atoms with van der Waals surface area (Å²) in [7, 11) is 0. The van der Waals surface area contributed by atoms with Gasteiger partial charge in [0, 0.05) is 38.4 Å². The molecule has 0 bridgehead atoms. The van der Waals surface area contributed by atoms with Gasteiger partial charge in [0.1, 0.15) is 11.6 Å². The number of anilines is 2. The molecule has 2 amide bonds. The minimum absolute atomic E-state index is 0.166. The molecule has 164 valence electrons. The Morgan fingerprint density at radius 3 is 2.53 bits per heavy atom. The number of nitrogens with zero attached hydrogens (tertiary/aromatic N) is 4. The highest BCUT2D eigenvalue weighted by atomic mass is 16.5. The molecule has 1 aliphatic rings. The zero-order chi connectivity index (χ0) is 22.2. The topological polar surface area (TPSA) is 109 Å². The lowest BCUT2D eigenvalue weighted by Gasteiger charge is -2.15. The van der Waals surface area contributed by atoms with E-state index >= 15 is 0 Å². The molecule has 9 nitrogen and oxygen atoms in total. The fourth-order valence-electron chi connectivity index (χ4n) is 3.28. The zero-order valence-corrected chi connectivity index (χ0v) is 17.5. The highest BCUT2D eigenvalue weighted by Crippen LogP contribution is 2.17. The summed E-state index contributed by atoms with van der Waals surface area (Å²) in [5.41, 5.74) is 0.872. The van der Waals surface area contributed by atoms with Gasteiger partial charge >= 0.3 is 6.01 Å². The largest absolute Gasteiger partial charge is 0.424 e. The molecule has 0 spiro atoms. The summed E-state index contributed by atoms with van der Waals surface area (Å²) in [5, 5.41) is 6.00. The third-order valence-electron chi connectivity index (χ3n) is 4.95. The maximum absolute atomic E-state index is 12.4. The number of rotatable bonds is 9. The van der Waals surface area contributed by atoms with Crippen LogP contribution in [-0.2, 0) is 4.79 Å². The van der Waals surface area contributed by atoms with Gasteiger partial charge in [0.15, 0.2) is 0 Å². The van der Waals surface area contributed by atoms with Gasteiger partial charge in [-0.3, -0.25) is 9.59 Å². The SMILES string of the molecule is O=C(Nc1ccc(NCCCN2CCCC2=O)nc1)c1cnc(Oc2ccccc2)nc1. The average Bonchev–Trinajstić information content (AvgIpc) is 3.23. The Kier molecular flexibility index (Phi) is 6.86. The maximum atomic E-state index is 12.4. The van der Waals surface area contributed by atoms with E-state index in [0.29, 0.717) is 29.2 Å². The van der Waals surface area contributed by atoms with Crippen LogP contribution in [0.25, 0.3) is 0 Å². The van der Waals surface area contributed by atoms with Crippen LogP contribution in [0.1, 0.15) is 29.6 Å². The predicted octanol–water partition coefficient (Wildman–Crippen LogP) is 3.34. The molecule has 1 aromatic carbocycles. The molecule has 2 aromatic heterocycles. The van der Waals surface area contributed by atoms with E-state index in [0.717, 1.165) is 32.5 Å². The van der Waals surface area contributed by atoms with E-state index in [2.05, 4.69) is 25.6 Å². The van der Waals surface area contributed by atoms with E-state index in [1.54, 1.807) is 30.5 Å². The second-order valence-corrected chi connectivity index (χ2v) is 7.32. The van der Waals surface area contributed by atoms with Crippen LogP contribution in [0.5, 0.6) is 11.8 Å². The molecule has 0 unspecified atom stereocenters. The number of hydrogen-bond acceptors (Lipinski definition) is 7. The molecule has 9 heteroatoms. The molecule has 0 saturated carbocycles. The molecule has 4 rings (SSSR count). The molecular weight excluding hydrogens is 408 g/mol. The van der Waals surface area contributed by atoms with E-state index in [4.69, 9.17) is 4.74 Å². The van der Waals surface area contributed by atoms with Crippen molar-refractivity contribution in [1.29, 1.82) is 0 Å². The highest BCUT2D eigenvalue weighted by molar-refractivity contribution is 6.03. The van der Waals surface area contributed by atoms with E-state index in [-0.39, 0.29) is 17.8 Å². The van der Waals surface area contributed by atoms with Crippen molar-refractivity contribution in [3.8, 4) is 11.8 Å². The molecule has 3 heterocycles. The van der Waals surface area contributed by atoms with Gasteiger partial charge in [-0.05, 0) is 37.1 Å². The standard InChI is InChI=1S/C23H24N6O3/c30-21-8-4-12-29(21)13-5-11-24-20-10-9-18(16-25-20)28-22(31)17-14-26-23(27-15-17)32-19-6-2-1-3-7-19/h1-3,6-7,9-10,14-16H,4-5,8,11-13H2,(H,24,25)(H,28,31). The molecule has 1 saturated heterocycles. The third-order valence-corrected chi connectivity index (χ3v) is 4.95. The minimum atomic E-state index is -0.339. The summed E-state index contributed by atoms with van der Waals surface area (Å²) in [6.07, 6.45) is 6.89. The number of carbonyl (C=O) groups is 2. The molecular formula is C23H24N6O3. The van der Waals surface area contributed by atoms with Gasteiger partial charge in [0.05, 0.1) is 17.4 Å². The number of hydrogen-bond donors (Lipinski definition) is 2. The van der Waals surface area contributed by atoms with Crippen LogP contribution in [-0.4, -0.2) is 51.3 Å². The molecule has 0 radical (unpaired) electrons. The summed E-state index contributed by atoms with van der Waals surface area (Å²) in [4.78, 5) is 38.4. The fourth-order valence-corrected chi connectivity index (χ4v) is 3.28. The zero-order valence-electron chi connectivity index (χ0n) is 17.5. The monoisotopic (exact) mass is 432 g/mol. The van der Waals surface area contributed by atoms with Crippen molar-refractivity contribution in [2.24, 2.45) is 0 Å². The Hall–Kier alpha value is -4.01. The third kappa shape index (κ3) is 5.78. The van der Waals surface area contributed by atoms with Crippen LogP contribution < -0.4 is 15.4 Å². The van der Waals surface area contributed by atoms with E-state index in [9.17, 15) is 9.59 Å². The first-order chi connectivity index (χ1) is 15.7. The van der Waals surface area contributed by atoms with Crippen molar-refractivity contribution in [3.63, 3.8) is 0 Å². The summed E-state index contributed by atoms with van der Waals surface area (Å²) >= 11 is 0. The summed E-state index contributed by atoms with van der Waals surface area (Å²) < 4.78 is 5.53. The number of carbonyl (C=O) groups excluding carboxylic acids is 2. The van der Waals surface area contributed by atoms with Crippen molar-refractivity contribution in [3.05, 3.63) is 66.6 Å². The first-order valence-corrected chi connectivity index (χ1v) is 10.5. The van der Waals surface area contributed by atoms with Crippen molar-refractivity contribution in [2.45, 2.75) is 19.3 Å². The van der Waals surface area contributed by atoms with Crippen LogP contribution in [0.2, 0.25) is 0 Å². The van der Waals surface area contributed by atoms with E-state index < -0.39 is 0 Å². The Morgan fingerprint density at radius 2 is 1.84 bits per heavy atom. The number of ether oxygens (including phenoxy) is 1. The van der Waals surface area contributed by atoms with Gasteiger partial charge in [0.25, 0.3) is 5.91 Å². The molecule has 3 aromatic rings. The fraction of sp³-hybridized carbons (Fsp3) is 0.261. The normalized spacial score (nSPS) is 13.1. The van der Waals surface area contributed by atoms with E-state index in [1.807, 2.05) is 23.1 Å². The van der Waals surface area contributed by atoms with Crippen LogP contribution in [0.4, 0.5) is 11.5 Å². The van der Waals surface area contributed by atoms with Crippen molar-refractivity contribution in [2.75, 3.05) is 30.3 Å². The Bertz CT molecular complexity index is 1040. The molecule has 1 fully saturated rings. The lowest BCUT2D eigenvalue weighted by molar-refractivity contribution is -0.127. The van der Waals surface area contributed by atoms with Crippen molar-refractivity contribution < 1.29 is 14.3 Å². The number of pyridine rings is 1. The summed E-state index contributed by atoms with van der Waals surface area (Å²) in [5.74, 6) is 1.23. The van der Waals surface area contributed by atoms with Crippen LogP contribution in [0, 0.1) is 0 Å². The summed E-state index contributed by atoms with van der Waals surface area (Å²) in [6, 6.07) is 12.9. The minimum Gasteiger partial charge on any atom is -0.424 e. The Labute approximate surface area is 185 Å². The average molecular weight is 432 g/mol. The van der Waals surface area contributed by atoms with Gasteiger partial charge in [-0.2, -0.15) is 0 Å². The number of aromatic nitrogens is 3. The van der Waals surface area contributed by atoms with Gasteiger partial charge in [-0.25, -0.2) is 15.0 Å². The number of amides is 2. The second kappa shape index (κ2) is 10.3. The second-order valence-electron chi connectivity index (χ2n) is 7.32. The predicted molar refractivity (Wildman–Crippen MR) is 120 cm³/mol. The van der Waals surface area contributed by atoms with Gasteiger partial charge in [0.2, 0.25) is 5.91 Å². The molecule has 2 N–H and O–H groups in total. The smallest absolute Gasteiger partial charge is 0.321 e. The van der Waals surface area contributed by atoms with Crippen molar-refractivity contribution >= 4 is 23.3 Å². The highest BCUT2D eigenvalue weighted by Gasteiger charge is 2.18. The van der Waals surface area contributed by atoms with E-state index in [1.165, 1.54) is 12.4 Å². The van der Waals surface area contributed by atoms with Crippen LogP contribution in [0.3, 0.4) is 0 Å². The number of likely N-dealkylation sites (tertiary alicyclic amines) is 1. The first-order valence-electron chi connectivity index (χ1n) is 10.5. The van der Waals surface area contributed by atoms with Crippen molar-refractivity contribution in [1.82, 2.24) is 19.9 Å². The van der Waals surface area contributed by atoms with Crippen LogP contribution >= 0.6 is 0 Å². The first kappa shape index (κ1) is 21.2. The number of para-hydroxylation sites is 1. The quantitative estimate of drug-likeness (QED) is 0.499. The van der Waals surface area contributed by atoms with Gasteiger partial charge in [-0.15, -0.1) is 0 Å². The van der Waals surface area contributed by atoms with Crippen LogP contribution in [0.15, 0.2) is 61.1 Å². The lowest BCUT2D eigenvalue weighted by atomic mass is 10.3. The summed E-state index contributed by atoms with van der Waals surface area (Å²) in [6.45, 7) is 2.34. The van der Waals surface area contributed by atoms with Gasteiger partial charge < -0.3 is 20.3 Å². The maximum Gasteiger partial charge on any atom is 0.321 e. The number of benzene rings is 1. The Balaban J connectivity index is 1.23. The molecule has 1 aliphatic heterocycles. The number of nitrogens with one attached hydrogen (secondary N) is 2.